The lowest BCUT2D eigenvalue weighted by Gasteiger charge is -2.08. The van der Waals surface area contributed by atoms with Gasteiger partial charge in [0.15, 0.2) is 5.76 Å². The molecule has 160 valence electrons. The zero-order valence-corrected chi connectivity index (χ0v) is 18.6. The van der Waals surface area contributed by atoms with E-state index in [4.69, 9.17) is 25.7 Å². The highest BCUT2D eigenvalue weighted by Gasteiger charge is 2.19. The Kier molecular flexibility index (Phi) is 4.67. The molecule has 0 aliphatic carbocycles. The Labute approximate surface area is 195 Å². The van der Waals surface area contributed by atoms with Crippen LogP contribution < -0.4 is 4.74 Å². The quantitative estimate of drug-likeness (QED) is 0.296. The van der Waals surface area contributed by atoms with Gasteiger partial charge in [-0.2, -0.15) is 0 Å². The first-order valence-corrected chi connectivity index (χ1v) is 11.0. The molecule has 0 fully saturated rings. The van der Waals surface area contributed by atoms with Gasteiger partial charge in [0.05, 0.1) is 17.6 Å². The minimum Gasteiger partial charge on any atom is -0.497 e. The smallest absolute Gasteiger partial charge is 0.155 e. The minimum absolute atomic E-state index is 0.650. The van der Waals surface area contributed by atoms with E-state index in [9.17, 15) is 0 Å². The van der Waals surface area contributed by atoms with Crippen LogP contribution >= 0.6 is 11.6 Å². The Bertz CT molecular complexity index is 1610. The lowest BCUT2D eigenvalue weighted by Crippen LogP contribution is -1.89. The Morgan fingerprint density at radius 2 is 1.58 bits per heavy atom. The van der Waals surface area contributed by atoms with Crippen molar-refractivity contribution < 1.29 is 9.15 Å². The topological polar surface area (TPSA) is 51.1 Å². The predicted octanol–water partition coefficient (Wildman–Crippen LogP) is 7.97. The Balaban J connectivity index is 1.57. The number of benzene rings is 3. The molecular formula is C28H19ClN2O2. The number of aromatic amines is 1. The van der Waals surface area contributed by atoms with Crippen LogP contribution in [-0.4, -0.2) is 17.1 Å². The lowest BCUT2D eigenvalue weighted by molar-refractivity contribution is 0.415. The van der Waals surface area contributed by atoms with Crippen LogP contribution in [-0.2, 0) is 0 Å². The van der Waals surface area contributed by atoms with E-state index >= 15 is 0 Å². The van der Waals surface area contributed by atoms with Gasteiger partial charge in [-0.3, -0.25) is 4.98 Å². The van der Waals surface area contributed by atoms with Gasteiger partial charge in [-0.15, -0.1) is 0 Å². The van der Waals surface area contributed by atoms with E-state index < -0.39 is 0 Å². The first-order valence-electron chi connectivity index (χ1n) is 10.6. The number of aromatic nitrogens is 2. The summed E-state index contributed by atoms with van der Waals surface area (Å²) in [5, 5.41) is 2.90. The summed E-state index contributed by atoms with van der Waals surface area (Å²) in [6.45, 7) is 0. The van der Waals surface area contributed by atoms with Gasteiger partial charge in [0.2, 0.25) is 0 Å². The van der Waals surface area contributed by atoms with Crippen molar-refractivity contribution in [2.75, 3.05) is 7.11 Å². The summed E-state index contributed by atoms with van der Waals surface area (Å²) >= 11 is 6.38. The van der Waals surface area contributed by atoms with Crippen molar-refractivity contribution in [1.82, 2.24) is 9.97 Å². The third-order valence-corrected chi connectivity index (χ3v) is 6.24. The summed E-state index contributed by atoms with van der Waals surface area (Å²) < 4.78 is 11.6. The molecular weight excluding hydrogens is 432 g/mol. The lowest BCUT2D eigenvalue weighted by atomic mass is 10.00. The van der Waals surface area contributed by atoms with E-state index in [2.05, 4.69) is 35.3 Å². The maximum atomic E-state index is 6.38. The van der Waals surface area contributed by atoms with E-state index in [0.717, 1.165) is 49.9 Å². The molecule has 3 heterocycles. The van der Waals surface area contributed by atoms with E-state index in [1.54, 1.807) is 7.11 Å². The van der Waals surface area contributed by atoms with Crippen molar-refractivity contribution in [2.24, 2.45) is 0 Å². The average Bonchev–Trinajstić information content (AvgIpc) is 3.49. The Morgan fingerprint density at radius 1 is 0.818 bits per heavy atom. The highest BCUT2D eigenvalue weighted by Crippen LogP contribution is 2.40. The maximum Gasteiger partial charge on any atom is 0.155 e. The molecule has 3 aromatic heterocycles. The zero-order chi connectivity index (χ0) is 22.4. The molecule has 0 saturated heterocycles. The molecule has 1 N–H and O–H groups in total. The number of furan rings is 1. The zero-order valence-electron chi connectivity index (χ0n) is 17.8. The Morgan fingerprint density at radius 3 is 2.39 bits per heavy atom. The summed E-state index contributed by atoms with van der Waals surface area (Å²) in [5.74, 6) is 2.21. The fraction of sp³-hybridized carbons (Fsp3) is 0.0357. The molecule has 0 saturated carbocycles. The predicted molar refractivity (Wildman–Crippen MR) is 134 cm³/mol. The van der Waals surface area contributed by atoms with Gasteiger partial charge >= 0.3 is 0 Å². The number of nitrogens with zero attached hydrogens (tertiary/aromatic N) is 1. The van der Waals surface area contributed by atoms with Gasteiger partial charge in [-0.1, -0.05) is 54.1 Å². The van der Waals surface area contributed by atoms with Gasteiger partial charge < -0.3 is 14.1 Å². The first-order chi connectivity index (χ1) is 16.2. The summed E-state index contributed by atoms with van der Waals surface area (Å²) in [7, 11) is 1.67. The monoisotopic (exact) mass is 450 g/mol. The largest absolute Gasteiger partial charge is 0.497 e. The number of methoxy groups -OCH3 is 1. The highest BCUT2D eigenvalue weighted by atomic mass is 35.5. The van der Waals surface area contributed by atoms with Crippen molar-refractivity contribution in [3.8, 4) is 39.7 Å². The van der Waals surface area contributed by atoms with Crippen LogP contribution in [0.1, 0.15) is 0 Å². The van der Waals surface area contributed by atoms with Crippen molar-refractivity contribution in [3.05, 3.63) is 96.1 Å². The molecule has 6 aromatic rings. The number of hydrogen-bond donors (Lipinski definition) is 1. The van der Waals surface area contributed by atoms with Crippen molar-refractivity contribution in [1.29, 1.82) is 0 Å². The molecule has 0 aliphatic heterocycles. The summed E-state index contributed by atoms with van der Waals surface area (Å²) in [4.78, 5) is 8.40. The standard InChI is InChI=1S/C28H19ClN2O2/c1-32-18-12-10-17(11-13-18)21-16-30-27(28-26(21)20-7-3-5-9-23(20)31-28)25-15-14-24(33-25)19-6-2-4-8-22(19)29/h2-16,31H,1H3. The Hall–Kier alpha value is -4.02. The minimum atomic E-state index is 0.650. The molecule has 33 heavy (non-hydrogen) atoms. The van der Waals surface area contributed by atoms with Crippen LogP contribution in [0.2, 0.25) is 5.02 Å². The summed E-state index contributed by atoms with van der Waals surface area (Å²) in [6, 6.07) is 27.9. The fourth-order valence-corrected chi connectivity index (χ4v) is 4.53. The summed E-state index contributed by atoms with van der Waals surface area (Å²) in [5.41, 5.74) is 5.72. The van der Waals surface area contributed by atoms with Crippen molar-refractivity contribution in [3.63, 3.8) is 0 Å². The van der Waals surface area contributed by atoms with Gasteiger partial charge in [0.1, 0.15) is 17.2 Å². The second-order valence-electron chi connectivity index (χ2n) is 7.81. The van der Waals surface area contributed by atoms with E-state index in [-0.39, 0.29) is 0 Å². The summed E-state index contributed by atoms with van der Waals surface area (Å²) in [6.07, 6.45) is 1.91. The molecule has 0 atom stereocenters. The molecule has 0 aliphatic rings. The highest BCUT2D eigenvalue weighted by molar-refractivity contribution is 6.33. The molecule has 3 aromatic carbocycles. The number of hydrogen-bond acceptors (Lipinski definition) is 3. The van der Waals surface area contributed by atoms with Crippen LogP contribution in [0.15, 0.2) is 95.5 Å². The molecule has 0 unspecified atom stereocenters. The first kappa shape index (κ1) is 19.6. The number of nitrogens with one attached hydrogen (secondary N) is 1. The molecule has 0 bridgehead atoms. The van der Waals surface area contributed by atoms with Crippen LogP contribution in [0.5, 0.6) is 5.75 Å². The number of ether oxygens (including phenoxy) is 1. The van der Waals surface area contributed by atoms with Crippen molar-refractivity contribution >= 4 is 33.4 Å². The van der Waals surface area contributed by atoms with Crippen LogP contribution in [0.3, 0.4) is 0 Å². The maximum absolute atomic E-state index is 6.38. The van der Waals surface area contributed by atoms with E-state index in [0.29, 0.717) is 16.5 Å². The van der Waals surface area contributed by atoms with Crippen LogP contribution in [0.4, 0.5) is 0 Å². The normalized spacial score (nSPS) is 11.3. The second-order valence-corrected chi connectivity index (χ2v) is 8.22. The number of rotatable bonds is 4. The number of para-hydroxylation sites is 1. The number of pyridine rings is 1. The van der Waals surface area contributed by atoms with Crippen molar-refractivity contribution in [2.45, 2.75) is 0 Å². The van der Waals surface area contributed by atoms with Gasteiger partial charge in [-0.25, -0.2) is 0 Å². The van der Waals surface area contributed by atoms with E-state index in [1.165, 1.54) is 0 Å². The fourth-order valence-electron chi connectivity index (χ4n) is 4.30. The average molecular weight is 451 g/mol. The van der Waals surface area contributed by atoms with Gasteiger partial charge in [0.25, 0.3) is 0 Å². The molecule has 0 radical (unpaired) electrons. The molecule has 6 rings (SSSR count). The molecule has 0 spiro atoms. The number of halogens is 1. The third kappa shape index (κ3) is 3.27. The molecule has 0 amide bonds. The molecule has 4 nitrogen and oxygen atoms in total. The molecule has 5 heteroatoms. The van der Waals surface area contributed by atoms with E-state index in [1.807, 2.05) is 60.8 Å². The SMILES string of the molecule is COc1ccc(-c2cnc(-c3ccc(-c4ccccc4Cl)o3)c3[nH]c4ccccc4c23)cc1. The number of fused-ring (bicyclic) bond motifs is 3. The third-order valence-electron chi connectivity index (χ3n) is 5.91. The van der Waals surface area contributed by atoms with Crippen LogP contribution in [0.25, 0.3) is 55.7 Å². The van der Waals surface area contributed by atoms with Crippen LogP contribution in [0, 0.1) is 0 Å². The number of H-pyrrole nitrogens is 1. The van der Waals surface area contributed by atoms with Gasteiger partial charge in [0, 0.05) is 33.6 Å². The van der Waals surface area contributed by atoms with Gasteiger partial charge in [-0.05, 0) is 48.0 Å². The second kappa shape index (κ2) is 7.84.